The van der Waals surface area contributed by atoms with Crippen LogP contribution in [0.4, 0.5) is 5.69 Å². The average Bonchev–Trinajstić information content (AvgIpc) is 2.59. The second-order valence-electron chi connectivity index (χ2n) is 4.98. The van der Waals surface area contributed by atoms with E-state index in [0.717, 1.165) is 24.3 Å². The minimum atomic E-state index is -0.400. The van der Waals surface area contributed by atoms with Crippen molar-refractivity contribution in [3.63, 3.8) is 0 Å². The maximum absolute atomic E-state index is 11.1. The highest BCUT2D eigenvalue weighted by atomic mass is 16.5. The Bertz CT molecular complexity index is 605. The van der Waals surface area contributed by atoms with Gasteiger partial charge >= 0.3 is 5.97 Å². The Hall–Kier alpha value is -2.55. The first kappa shape index (κ1) is 15.8. The van der Waals surface area contributed by atoms with Crippen LogP contribution in [0.25, 0.3) is 0 Å². The van der Waals surface area contributed by atoms with E-state index in [1.807, 2.05) is 18.2 Å². The molecule has 0 aliphatic carbocycles. The van der Waals surface area contributed by atoms with Crippen LogP contribution in [-0.2, 0) is 22.7 Å². The number of anilines is 1. The van der Waals surface area contributed by atoms with Crippen molar-refractivity contribution in [1.29, 1.82) is 0 Å². The van der Waals surface area contributed by atoms with Crippen LogP contribution in [0.2, 0.25) is 0 Å². The molecule has 0 heterocycles. The van der Waals surface area contributed by atoms with Crippen LogP contribution in [0, 0.1) is 0 Å². The lowest BCUT2D eigenvalue weighted by Crippen LogP contribution is -2.21. The lowest BCUT2D eigenvalue weighted by Gasteiger charge is -2.23. The van der Waals surface area contributed by atoms with Crippen LogP contribution >= 0.6 is 0 Å². The number of carbonyl (C=O) groups is 1. The second-order valence-corrected chi connectivity index (χ2v) is 4.98. The molecular formula is C19H21NO2. The first-order valence-corrected chi connectivity index (χ1v) is 7.40. The summed E-state index contributed by atoms with van der Waals surface area (Å²) in [6.07, 6.45) is 1.17. The van der Waals surface area contributed by atoms with E-state index in [2.05, 4.69) is 54.8 Å². The van der Waals surface area contributed by atoms with Crippen molar-refractivity contribution < 1.29 is 9.53 Å². The van der Waals surface area contributed by atoms with E-state index < -0.39 is 5.97 Å². The minimum Gasteiger partial charge on any atom is -0.458 e. The fraction of sp³-hybridized carbons (Fsp3) is 0.211. The number of nitrogens with zero attached hydrogens (tertiary/aromatic N) is 1. The predicted octanol–water partition coefficient (Wildman–Crippen LogP) is 3.94. The molecule has 0 N–H and O–H groups in total. The van der Waals surface area contributed by atoms with Gasteiger partial charge in [-0.3, -0.25) is 0 Å². The first-order chi connectivity index (χ1) is 10.7. The molecule has 0 aromatic heterocycles. The number of hydrogen-bond acceptors (Lipinski definition) is 3. The maximum Gasteiger partial charge on any atom is 0.330 e. The summed E-state index contributed by atoms with van der Waals surface area (Å²) >= 11 is 0. The molecule has 0 radical (unpaired) electrons. The molecule has 0 aliphatic heterocycles. The van der Waals surface area contributed by atoms with E-state index in [-0.39, 0.29) is 6.61 Å². The molecule has 0 saturated heterocycles. The summed E-state index contributed by atoms with van der Waals surface area (Å²) in [5.74, 6) is -0.400. The Morgan fingerprint density at radius 2 is 1.77 bits per heavy atom. The van der Waals surface area contributed by atoms with Crippen LogP contribution in [0.1, 0.15) is 18.1 Å². The Labute approximate surface area is 131 Å². The Kier molecular flexibility index (Phi) is 5.78. The summed E-state index contributed by atoms with van der Waals surface area (Å²) in [4.78, 5) is 13.4. The Balaban J connectivity index is 2.01. The van der Waals surface area contributed by atoms with Gasteiger partial charge in [0, 0.05) is 24.9 Å². The molecule has 2 aromatic carbocycles. The summed E-state index contributed by atoms with van der Waals surface area (Å²) in [6.45, 7) is 7.60. The molecule has 2 aromatic rings. The number of esters is 1. The predicted molar refractivity (Wildman–Crippen MR) is 89.6 cm³/mol. The molecule has 22 heavy (non-hydrogen) atoms. The molecule has 3 heteroatoms. The van der Waals surface area contributed by atoms with Gasteiger partial charge < -0.3 is 9.64 Å². The quantitative estimate of drug-likeness (QED) is 0.572. The van der Waals surface area contributed by atoms with Crippen molar-refractivity contribution in [2.75, 3.05) is 11.4 Å². The van der Waals surface area contributed by atoms with E-state index in [1.54, 1.807) is 0 Å². The number of carbonyl (C=O) groups excluding carboxylic acids is 1. The third-order valence-corrected chi connectivity index (χ3v) is 3.45. The minimum absolute atomic E-state index is 0.274. The SMILES string of the molecule is C=CC(=O)OCc1ccc(N(CC)Cc2ccccc2)cc1. The smallest absolute Gasteiger partial charge is 0.330 e. The van der Waals surface area contributed by atoms with Gasteiger partial charge in [-0.25, -0.2) is 4.79 Å². The average molecular weight is 295 g/mol. The molecule has 0 aliphatic rings. The zero-order valence-electron chi connectivity index (χ0n) is 12.9. The molecule has 114 valence electrons. The molecule has 0 atom stereocenters. The van der Waals surface area contributed by atoms with Crippen molar-refractivity contribution >= 4 is 11.7 Å². The third-order valence-electron chi connectivity index (χ3n) is 3.45. The first-order valence-electron chi connectivity index (χ1n) is 7.40. The zero-order chi connectivity index (χ0) is 15.8. The number of rotatable bonds is 7. The van der Waals surface area contributed by atoms with Crippen molar-refractivity contribution in [2.24, 2.45) is 0 Å². The van der Waals surface area contributed by atoms with Gasteiger partial charge in [0.15, 0.2) is 0 Å². The van der Waals surface area contributed by atoms with Gasteiger partial charge in [0.2, 0.25) is 0 Å². The third kappa shape index (κ3) is 4.48. The van der Waals surface area contributed by atoms with Crippen molar-refractivity contribution in [3.8, 4) is 0 Å². The number of benzene rings is 2. The summed E-state index contributed by atoms with van der Waals surface area (Å²) in [6, 6.07) is 18.5. The van der Waals surface area contributed by atoms with Crippen LogP contribution < -0.4 is 4.90 Å². The Morgan fingerprint density at radius 3 is 2.36 bits per heavy atom. The van der Waals surface area contributed by atoms with Crippen LogP contribution in [-0.4, -0.2) is 12.5 Å². The summed E-state index contributed by atoms with van der Waals surface area (Å²) < 4.78 is 5.03. The van der Waals surface area contributed by atoms with E-state index >= 15 is 0 Å². The van der Waals surface area contributed by atoms with Gasteiger partial charge in [-0.1, -0.05) is 49.0 Å². The van der Waals surface area contributed by atoms with Crippen molar-refractivity contribution in [1.82, 2.24) is 0 Å². The van der Waals surface area contributed by atoms with E-state index in [1.165, 1.54) is 11.6 Å². The van der Waals surface area contributed by atoms with E-state index in [4.69, 9.17) is 4.74 Å². The fourth-order valence-electron chi connectivity index (χ4n) is 2.21. The maximum atomic E-state index is 11.1. The molecular weight excluding hydrogens is 274 g/mol. The molecule has 0 unspecified atom stereocenters. The monoisotopic (exact) mass is 295 g/mol. The number of hydrogen-bond donors (Lipinski definition) is 0. The van der Waals surface area contributed by atoms with Gasteiger partial charge in [-0.2, -0.15) is 0 Å². The van der Waals surface area contributed by atoms with Gasteiger partial charge in [-0.05, 0) is 30.2 Å². The molecule has 3 nitrogen and oxygen atoms in total. The molecule has 2 rings (SSSR count). The molecule has 0 saturated carbocycles. The lowest BCUT2D eigenvalue weighted by atomic mass is 10.1. The van der Waals surface area contributed by atoms with Crippen molar-refractivity contribution in [2.45, 2.75) is 20.1 Å². The highest BCUT2D eigenvalue weighted by Gasteiger charge is 2.06. The second kappa shape index (κ2) is 8.03. The highest BCUT2D eigenvalue weighted by molar-refractivity contribution is 5.81. The number of ether oxygens (including phenoxy) is 1. The summed E-state index contributed by atoms with van der Waals surface area (Å²) in [7, 11) is 0. The van der Waals surface area contributed by atoms with Gasteiger partial charge in [0.25, 0.3) is 0 Å². The fourth-order valence-corrected chi connectivity index (χ4v) is 2.21. The molecule has 0 fully saturated rings. The van der Waals surface area contributed by atoms with Crippen LogP contribution in [0.5, 0.6) is 0 Å². The van der Waals surface area contributed by atoms with E-state index in [0.29, 0.717) is 0 Å². The summed E-state index contributed by atoms with van der Waals surface area (Å²) in [5, 5.41) is 0. The molecule has 0 spiro atoms. The lowest BCUT2D eigenvalue weighted by molar-refractivity contribution is -0.138. The highest BCUT2D eigenvalue weighted by Crippen LogP contribution is 2.18. The van der Waals surface area contributed by atoms with Gasteiger partial charge in [0.05, 0.1) is 0 Å². The molecule has 0 bridgehead atoms. The largest absolute Gasteiger partial charge is 0.458 e. The van der Waals surface area contributed by atoms with Crippen LogP contribution in [0.15, 0.2) is 67.3 Å². The normalized spacial score (nSPS) is 10.0. The topological polar surface area (TPSA) is 29.5 Å². The standard InChI is InChI=1S/C19H21NO2/c1-3-19(21)22-15-17-10-12-18(13-11-17)20(4-2)14-16-8-6-5-7-9-16/h3,5-13H,1,4,14-15H2,2H3. The Morgan fingerprint density at radius 1 is 1.09 bits per heavy atom. The summed E-state index contributed by atoms with van der Waals surface area (Å²) in [5.41, 5.74) is 3.41. The van der Waals surface area contributed by atoms with Gasteiger partial charge in [-0.15, -0.1) is 0 Å². The molecule has 0 amide bonds. The zero-order valence-corrected chi connectivity index (χ0v) is 12.9. The van der Waals surface area contributed by atoms with E-state index in [9.17, 15) is 4.79 Å². The van der Waals surface area contributed by atoms with Crippen LogP contribution in [0.3, 0.4) is 0 Å². The van der Waals surface area contributed by atoms with Gasteiger partial charge in [0.1, 0.15) is 6.61 Å². The van der Waals surface area contributed by atoms with Crippen molar-refractivity contribution in [3.05, 3.63) is 78.4 Å².